The number of nitrogens with zero attached hydrogens (tertiary/aromatic N) is 1. The third-order valence-corrected chi connectivity index (χ3v) is 6.17. The number of benzene rings is 3. The predicted molar refractivity (Wildman–Crippen MR) is 137 cm³/mol. The summed E-state index contributed by atoms with van der Waals surface area (Å²) in [4.78, 5) is 26.3. The minimum atomic E-state index is -0.274. The van der Waals surface area contributed by atoms with E-state index in [1.54, 1.807) is 0 Å². The molecule has 1 aromatic heterocycles. The van der Waals surface area contributed by atoms with Crippen LogP contribution in [0.3, 0.4) is 0 Å². The molecular weight excluding hydrogens is 424 g/mol. The first-order valence-corrected chi connectivity index (χ1v) is 11.6. The SMILES string of the molecule is CCCn1c(C)cc(C(=O)COc2cc3ccccc3cc2C(=O)Nc2ccccc2C)c1C. The minimum Gasteiger partial charge on any atom is -0.485 e. The van der Waals surface area contributed by atoms with E-state index in [1.165, 1.54) is 0 Å². The Bertz CT molecular complexity index is 1370. The zero-order chi connectivity index (χ0) is 24.2. The van der Waals surface area contributed by atoms with Gasteiger partial charge in [-0.3, -0.25) is 9.59 Å². The number of carbonyl (C=O) groups is 2. The molecule has 0 atom stereocenters. The van der Waals surface area contributed by atoms with Crippen molar-refractivity contribution in [2.75, 3.05) is 11.9 Å². The van der Waals surface area contributed by atoms with Crippen molar-refractivity contribution < 1.29 is 14.3 Å². The molecule has 0 aliphatic rings. The number of hydrogen-bond donors (Lipinski definition) is 1. The lowest BCUT2D eigenvalue weighted by Gasteiger charge is -2.14. The van der Waals surface area contributed by atoms with E-state index < -0.39 is 0 Å². The number of fused-ring (bicyclic) bond motifs is 1. The number of hydrogen-bond acceptors (Lipinski definition) is 3. The van der Waals surface area contributed by atoms with E-state index in [4.69, 9.17) is 4.74 Å². The minimum absolute atomic E-state index is 0.103. The molecule has 4 aromatic rings. The van der Waals surface area contributed by atoms with Crippen LogP contribution in [0.25, 0.3) is 10.8 Å². The molecule has 0 saturated carbocycles. The Labute approximate surface area is 200 Å². The molecule has 5 heteroatoms. The average molecular weight is 455 g/mol. The van der Waals surface area contributed by atoms with Crippen molar-refractivity contribution >= 4 is 28.2 Å². The van der Waals surface area contributed by atoms with Crippen LogP contribution in [-0.2, 0) is 6.54 Å². The van der Waals surface area contributed by atoms with Gasteiger partial charge < -0.3 is 14.6 Å². The molecule has 5 nitrogen and oxygen atoms in total. The van der Waals surface area contributed by atoms with Crippen molar-refractivity contribution in [2.24, 2.45) is 0 Å². The highest BCUT2D eigenvalue weighted by molar-refractivity contribution is 6.09. The van der Waals surface area contributed by atoms with Gasteiger partial charge >= 0.3 is 0 Å². The summed E-state index contributed by atoms with van der Waals surface area (Å²) in [7, 11) is 0. The van der Waals surface area contributed by atoms with Crippen molar-refractivity contribution in [1.82, 2.24) is 4.57 Å². The van der Waals surface area contributed by atoms with Gasteiger partial charge in [0.25, 0.3) is 5.91 Å². The Morgan fingerprint density at radius 1 is 0.882 bits per heavy atom. The predicted octanol–water partition coefficient (Wildman–Crippen LogP) is 6.49. The lowest BCUT2D eigenvalue weighted by molar-refractivity contribution is 0.0913. The zero-order valence-electron chi connectivity index (χ0n) is 20.1. The Hall–Kier alpha value is -3.86. The number of ether oxygens (including phenoxy) is 1. The van der Waals surface area contributed by atoms with Crippen LogP contribution in [0.1, 0.15) is 51.0 Å². The maximum atomic E-state index is 13.2. The standard InChI is InChI=1S/C29H30N2O3/c1-5-14-31-20(3)15-24(21(31)4)27(32)18-34-28-17-23-12-8-7-11-22(23)16-25(28)29(33)30-26-13-9-6-10-19(26)2/h6-13,15-17H,5,14,18H2,1-4H3,(H,30,33). The highest BCUT2D eigenvalue weighted by Crippen LogP contribution is 2.28. The van der Waals surface area contributed by atoms with Gasteiger partial charge in [-0.25, -0.2) is 0 Å². The van der Waals surface area contributed by atoms with Gasteiger partial charge in [0.2, 0.25) is 5.78 Å². The van der Waals surface area contributed by atoms with Gasteiger partial charge in [0.1, 0.15) is 5.75 Å². The molecule has 0 radical (unpaired) electrons. The Kier molecular flexibility index (Phi) is 6.82. The van der Waals surface area contributed by atoms with Crippen LogP contribution in [-0.4, -0.2) is 22.9 Å². The first kappa shape index (κ1) is 23.3. The number of aryl methyl sites for hydroxylation is 2. The van der Waals surface area contributed by atoms with E-state index in [-0.39, 0.29) is 18.3 Å². The van der Waals surface area contributed by atoms with Crippen molar-refractivity contribution in [3.05, 3.63) is 94.8 Å². The molecular formula is C29H30N2O3. The van der Waals surface area contributed by atoms with Crippen molar-refractivity contribution in [3.63, 3.8) is 0 Å². The normalized spacial score (nSPS) is 10.9. The summed E-state index contributed by atoms with van der Waals surface area (Å²) in [6.45, 7) is 8.78. The van der Waals surface area contributed by atoms with E-state index in [1.807, 2.05) is 87.5 Å². The third-order valence-electron chi connectivity index (χ3n) is 6.17. The van der Waals surface area contributed by atoms with Crippen LogP contribution < -0.4 is 10.1 Å². The largest absolute Gasteiger partial charge is 0.485 e. The maximum Gasteiger partial charge on any atom is 0.259 e. The molecule has 3 aromatic carbocycles. The lowest BCUT2D eigenvalue weighted by Crippen LogP contribution is -2.17. The molecule has 0 aliphatic carbocycles. The molecule has 4 rings (SSSR count). The molecule has 1 amide bonds. The fraction of sp³-hybridized carbons (Fsp3) is 0.241. The first-order valence-electron chi connectivity index (χ1n) is 11.6. The highest BCUT2D eigenvalue weighted by Gasteiger charge is 2.19. The molecule has 174 valence electrons. The molecule has 0 bridgehead atoms. The van der Waals surface area contributed by atoms with Crippen molar-refractivity contribution in [1.29, 1.82) is 0 Å². The summed E-state index contributed by atoms with van der Waals surface area (Å²) in [5, 5.41) is 4.85. The molecule has 0 fully saturated rings. The Morgan fingerprint density at radius 3 is 2.26 bits per heavy atom. The molecule has 1 N–H and O–H groups in total. The number of anilines is 1. The fourth-order valence-corrected chi connectivity index (χ4v) is 4.29. The van der Waals surface area contributed by atoms with Gasteiger partial charge in [0, 0.05) is 29.2 Å². The number of para-hydroxylation sites is 1. The second-order valence-corrected chi connectivity index (χ2v) is 8.61. The number of nitrogens with one attached hydrogen (secondary N) is 1. The van der Waals surface area contributed by atoms with Crippen molar-refractivity contribution in [2.45, 2.75) is 40.7 Å². The monoisotopic (exact) mass is 454 g/mol. The number of ketones is 1. The number of aromatic nitrogens is 1. The first-order chi connectivity index (χ1) is 16.4. The Morgan fingerprint density at radius 2 is 1.56 bits per heavy atom. The summed E-state index contributed by atoms with van der Waals surface area (Å²) in [5.74, 6) is 0.0120. The summed E-state index contributed by atoms with van der Waals surface area (Å²) < 4.78 is 8.15. The fourth-order valence-electron chi connectivity index (χ4n) is 4.29. The molecule has 0 spiro atoms. The summed E-state index contributed by atoms with van der Waals surface area (Å²) in [6.07, 6.45) is 0.997. The summed E-state index contributed by atoms with van der Waals surface area (Å²) >= 11 is 0. The topological polar surface area (TPSA) is 60.3 Å². The highest BCUT2D eigenvalue weighted by atomic mass is 16.5. The lowest BCUT2D eigenvalue weighted by atomic mass is 10.0. The van der Waals surface area contributed by atoms with E-state index in [0.717, 1.165) is 46.4 Å². The van der Waals surface area contributed by atoms with Gasteiger partial charge in [-0.1, -0.05) is 49.4 Å². The van der Waals surface area contributed by atoms with E-state index >= 15 is 0 Å². The number of Topliss-reactive ketones (excluding diaryl/α,β-unsaturated/α-hetero) is 1. The molecule has 34 heavy (non-hydrogen) atoms. The van der Waals surface area contributed by atoms with E-state index in [2.05, 4.69) is 16.8 Å². The average Bonchev–Trinajstić information content (AvgIpc) is 3.12. The van der Waals surface area contributed by atoms with Gasteiger partial charge in [0.15, 0.2) is 6.61 Å². The molecule has 0 unspecified atom stereocenters. The summed E-state index contributed by atoms with van der Waals surface area (Å²) in [5.41, 5.74) is 4.78. The van der Waals surface area contributed by atoms with E-state index in [9.17, 15) is 9.59 Å². The third kappa shape index (κ3) is 4.74. The second kappa shape index (κ2) is 9.96. The maximum absolute atomic E-state index is 13.2. The molecule has 1 heterocycles. The van der Waals surface area contributed by atoms with Gasteiger partial charge in [-0.05, 0) is 67.8 Å². The summed E-state index contributed by atoms with van der Waals surface area (Å²) in [6, 6.07) is 21.0. The van der Waals surface area contributed by atoms with Crippen LogP contribution in [0, 0.1) is 20.8 Å². The van der Waals surface area contributed by atoms with Gasteiger partial charge in [-0.15, -0.1) is 0 Å². The van der Waals surface area contributed by atoms with Crippen LogP contribution in [0.5, 0.6) is 5.75 Å². The van der Waals surface area contributed by atoms with Gasteiger partial charge in [-0.2, -0.15) is 0 Å². The van der Waals surface area contributed by atoms with Crippen LogP contribution in [0.4, 0.5) is 5.69 Å². The number of amides is 1. The van der Waals surface area contributed by atoms with E-state index in [0.29, 0.717) is 16.9 Å². The van der Waals surface area contributed by atoms with Crippen LogP contribution >= 0.6 is 0 Å². The van der Waals surface area contributed by atoms with Crippen LogP contribution in [0.2, 0.25) is 0 Å². The number of carbonyl (C=O) groups excluding carboxylic acids is 2. The number of rotatable bonds is 8. The molecule has 0 aliphatic heterocycles. The zero-order valence-corrected chi connectivity index (χ0v) is 20.1. The Balaban J connectivity index is 1.62. The quantitative estimate of drug-likeness (QED) is 0.310. The smallest absolute Gasteiger partial charge is 0.259 e. The second-order valence-electron chi connectivity index (χ2n) is 8.61. The van der Waals surface area contributed by atoms with Crippen molar-refractivity contribution in [3.8, 4) is 5.75 Å². The van der Waals surface area contributed by atoms with Crippen LogP contribution in [0.15, 0.2) is 66.7 Å². The molecule has 0 saturated heterocycles. The van der Waals surface area contributed by atoms with Gasteiger partial charge in [0.05, 0.1) is 5.56 Å².